The molecule has 142 valence electrons. The van der Waals surface area contributed by atoms with Crippen LogP contribution in [0.5, 0.6) is 0 Å². The van der Waals surface area contributed by atoms with Crippen molar-refractivity contribution < 1.29 is 14.7 Å². The Kier molecular flexibility index (Phi) is 6.54. The predicted octanol–water partition coefficient (Wildman–Crippen LogP) is 2.49. The molecule has 1 aromatic carbocycles. The number of hydrogen-bond acceptors (Lipinski definition) is 4. The number of carboxylic acid groups (broad SMARTS) is 1. The van der Waals surface area contributed by atoms with Crippen molar-refractivity contribution in [3.63, 3.8) is 0 Å². The van der Waals surface area contributed by atoms with Gasteiger partial charge in [0.2, 0.25) is 5.91 Å². The van der Waals surface area contributed by atoms with Crippen molar-refractivity contribution in [2.45, 2.75) is 38.3 Å². The van der Waals surface area contributed by atoms with Gasteiger partial charge in [0, 0.05) is 25.8 Å². The Hall–Kier alpha value is -2.73. The number of piperidine rings is 1. The molecule has 2 aromatic rings. The van der Waals surface area contributed by atoms with E-state index in [9.17, 15) is 9.59 Å². The topological polar surface area (TPSA) is 82.5 Å². The van der Waals surface area contributed by atoms with Crippen LogP contribution in [0.4, 0.5) is 0 Å². The average molecular weight is 367 g/mol. The van der Waals surface area contributed by atoms with Crippen molar-refractivity contribution in [2.24, 2.45) is 0 Å². The van der Waals surface area contributed by atoms with Crippen molar-refractivity contribution in [1.29, 1.82) is 0 Å². The molecule has 6 nitrogen and oxygen atoms in total. The molecule has 1 atom stereocenters. The highest BCUT2D eigenvalue weighted by molar-refractivity contribution is 5.87. The first kappa shape index (κ1) is 19.0. The third kappa shape index (κ3) is 5.37. The summed E-state index contributed by atoms with van der Waals surface area (Å²) in [4.78, 5) is 30.3. The monoisotopic (exact) mass is 367 g/mol. The molecule has 2 heterocycles. The van der Waals surface area contributed by atoms with Gasteiger partial charge in [0.05, 0.1) is 17.3 Å². The summed E-state index contributed by atoms with van der Waals surface area (Å²) in [5.74, 6) is -0.878. The Balaban J connectivity index is 1.71. The van der Waals surface area contributed by atoms with Crippen LogP contribution in [-0.4, -0.2) is 46.0 Å². The predicted molar refractivity (Wildman–Crippen MR) is 102 cm³/mol. The van der Waals surface area contributed by atoms with Gasteiger partial charge >= 0.3 is 5.97 Å². The van der Waals surface area contributed by atoms with E-state index in [1.54, 1.807) is 6.07 Å². The van der Waals surface area contributed by atoms with Crippen molar-refractivity contribution in [2.75, 3.05) is 13.1 Å². The maximum atomic E-state index is 13.0. The fraction of sp³-hybridized carbons (Fsp3) is 0.381. The molecule has 3 rings (SSSR count). The zero-order valence-corrected chi connectivity index (χ0v) is 15.3. The zero-order valence-electron chi connectivity index (χ0n) is 15.3. The van der Waals surface area contributed by atoms with Crippen LogP contribution in [0.15, 0.2) is 48.7 Å². The summed E-state index contributed by atoms with van der Waals surface area (Å²) >= 11 is 0. The summed E-state index contributed by atoms with van der Waals surface area (Å²) in [6, 6.07) is 12.6. The third-order valence-electron chi connectivity index (χ3n) is 4.84. The first-order valence-electron chi connectivity index (χ1n) is 9.38. The second-order valence-corrected chi connectivity index (χ2v) is 6.85. The van der Waals surface area contributed by atoms with Gasteiger partial charge in [-0.05, 0) is 43.4 Å². The van der Waals surface area contributed by atoms with Crippen molar-refractivity contribution in [3.8, 4) is 0 Å². The average Bonchev–Trinajstić information content (AvgIpc) is 2.72. The number of benzene rings is 1. The number of carboxylic acids is 1. The molecule has 1 amide bonds. The van der Waals surface area contributed by atoms with Gasteiger partial charge in [-0.15, -0.1) is 0 Å². The number of carbonyl (C=O) groups is 2. The van der Waals surface area contributed by atoms with Crippen molar-refractivity contribution in [1.82, 2.24) is 15.2 Å². The van der Waals surface area contributed by atoms with E-state index < -0.39 is 5.97 Å². The van der Waals surface area contributed by atoms with E-state index in [4.69, 9.17) is 5.11 Å². The van der Waals surface area contributed by atoms with Crippen LogP contribution in [0, 0.1) is 0 Å². The summed E-state index contributed by atoms with van der Waals surface area (Å²) in [7, 11) is 0. The minimum atomic E-state index is -0.983. The fourth-order valence-corrected chi connectivity index (χ4v) is 3.37. The first-order chi connectivity index (χ1) is 13.1. The minimum absolute atomic E-state index is 0.105. The highest BCUT2D eigenvalue weighted by Crippen LogP contribution is 2.13. The molecule has 2 N–H and O–H groups in total. The second kappa shape index (κ2) is 9.28. The number of hydrogen-bond donors (Lipinski definition) is 2. The lowest BCUT2D eigenvalue weighted by Gasteiger charge is -2.31. The van der Waals surface area contributed by atoms with E-state index in [1.807, 2.05) is 35.2 Å². The van der Waals surface area contributed by atoms with Crippen molar-refractivity contribution in [3.05, 3.63) is 65.5 Å². The summed E-state index contributed by atoms with van der Waals surface area (Å²) < 4.78 is 0. The molecule has 0 spiro atoms. The van der Waals surface area contributed by atoms with Crippen LogP contribution in [0.1, 0.15) is 40.9 Å². The number of aromatic carboxylic acids is 1. The van der Waals surface area contributed by atoms with Crippen LogP contribution >= 0.6 is 0 Å². The van der Waals surface area contributed by atoms with E-state index in [-0.39, 0.29) is 17.5 Å². The number of amides is 1. The molecule has 1 aliphatic heterocycles. The molecule has 27 heavy (non-hydrogen) atoms. The maximum Gasteiger partial charge on any atom is 0.335 e. The molecule has 0 aliphatic carbocycles. The minimum Gasteiger partial charge on any atom is -0.478 e. The number of carbonyl (C=O) groups excluding carboxylic acids is 1. The molecular weight excluding hydrogens is 342 g/mol. The molecule has 6 heteroatoms. The third-order valence-corrected chi connectivity index (χ3v) is 4.84. The molecule has 0 saturated carbocycles. The van der Waals surface area contributed by atoms with Gasteiger partial charge in [0.25, 0.3) is 0 Å². The van der Waals surface area contributed by atoms with E-state index in [2.05, 4.69) is 10.3 Å². The summed E-state index contributed by atoms with van der Waals surface area (Å²) in [6.07, 6.45) is 5.35. The van der Waals surface area contributed by atoms with Gasteiger partial charge in [-0.1, -0.05) is 30.3 Å². The Morgan fingerprint density at radius 2 is 1.85 bits per heavy atom. The van der Waals surface area contributed by atoms with Gasteiger partial charge in [0.1, 0.15) is 0 Å². The number of rotatable bonds is 7. The number of pyridine rings is 1. The molecule has 0 radical (unpaired) electrons. The lowest BCUT2D eigenvalue weighted by Crippen LogP contribution is -2.49. The molecule has 1 fully saturated rings. The Labute approximate surface area is 159 Å². The molecular formula is C21H25N3O3. The van der Waals surface area contributed by atoms with E-state index in [1.165, 1.54) is 18.7 Å². The Morgan fingerprint density at radius 3 is 2.56 bits per heavy atom. The summed E-state index contributed by atoms with van der Waals surface area (Å²) in [5.41, 5.74) is 1.90. The SMILES string of the molecule is O=C(O)c1ccnc(CNC(Cc2ccccc2)C(=O)N2CCCCC2)c1. The van der Waals surface area contributed by atoms with Crippen molar-refractivity contribution >= 4 is 11.9 Å². The largest absolute Gasteiger partial charge is 0.478 e. The quantitative estimate of drug-likeness (QED) is 0.786. The van der Waals surface area contributed by atoms with Crippen LogP contribution in [0.3, 0.4) is 0 Å². The van der Waals surface area contributed by atoms with Gasteiger partial charge in [0.15, 0.2) is 0 Å². The first-order valence-corrected chi connectivity index (χ1v) is 9.38. The second-order valence-electron chi connectivity index (χ2n) is 6.85. The Morgan fingerprint density at radius 1 is 1.11 bits per heavy atom. The standard InChI is InChI=1S/C21H25N3O3/c25-20(24-11-5-2-6-12-24)19(13-16-7-3-1-4-8-16)23-15-18-14-17(21(26)27)9-10-22-18/h1,3-4,7-10,14,19,23H,2,5-6,11-13,15H2,(H,26,27). The normalized spacial score (nSPS) is 15.3. The van der Waals surface area contributed by atoms with Crippen LogP contribution in [0.25, 0.3) is 0 Å². The van der Waals surface area contributed by atoms with E-state index >= 15 is 0 Å². The molecule has 1 aromatic heterocycles. The lowest BCUT2D eigenvalue weighted by molar-refractivity contribution is -0.134. The summed E-state index contributed by atoms with van der Waals surface area (Å²) in [6.45, 7) is 1.95. The van der Waals surface area contributed by atoms with Gasteiger partial charge in [-0.2, -0.15) is 0 Å². The molecule has 1 aliphatic rings. The maximum absolute atomic E-state index is 13.0. The molecule has 1 unspecified atom stereocenters. The molecule has 1 saturated heterocycles. The Bertz CT molecular complexity index is 773. The number of nitrogens with one attached hydrogen (secondary N) is 1. The molecule has 0 bridgehead atoms. The highest BCUT2D eigenvalue weighted by Gasteiger charge is 2.25. The van der Waals surface area contributed by atoms with Gasteiger partial charge in [-0.3, -0.25) is 15.1 Å². The lowest BCUT2D eigenvalue weighted by atomic mass is 10.0. The van der Waals surface area contributed by atoms with Gasteiger partial charge < -0.3 is 10.0 Å². The number of likely N-dealkylation sites (tertiary alicyclic amines) is 1. The zero-order chi connectivity index (χ0) is 19.1. The number of nitrogens with zero attached hydrogens (tertiary/aromatic N) is 2. The highest BCUT2D eigenvalue weighted by atomic mass is 16.4. The smallest absolute Gasteiger partial charge is 0.335 e. The van der Waals surface area contributed by atoms with E-state index in [0.29, 0.717) is 18.7 Å². The number of aromatic nitrogens is 1. The van der Waals surface area contributed by atoms with E-state index in [0.717, 1.165) is 31.5 Å². The fourth-order valence-electron chi connectivity index (χ4n) is 3.37. The summed E-state index contributed by atoms with van der Waals surface area (Å²) in [5, 5.41) is 12.4. The van der Waals surface area contributed by atoms with Crippen LogP contribution in [-0.2, 0) is 17.8 Å². The van der Waals surface area contributed by atoms with Crippen LogP contribution < -0.4 is 5.32 Å². The van der Waals surface area contributed by atoms with Gasteiger partial charge in [-0.25, -0.2) is 4.79 Å². The van der Waals surface area contributed by atoms with Crippen LogP contribution in [0.2, 0.25) is 0 Å².